The highest BCUT2D eigenvalue weighted by Crippen LogP contribution is 2.05. The van der Waals surface area contributed by atoms with Gasteiger partial charge in [-0.25, -0.2) is 4.98 Å². The van der Waals surface area contributed by atoms with Crippen LogP contribution < -0.4 is 10.9 Å². The Kier molecular flexibility index (Phi) is 4.06. The van der Waals surface area contributed by atoms with Crippen molar-refractivity contribution < 1.29 is 9.90 Å². The molecule has 0 radical (unpaired) electrons. The van der Waals surface area contributed by atoms with Crippen molar-refractivity contribution in [2.45, 2.75) is 12.8 Å². The summed E-state index contributed by atoms with van der Waals surface area (Å²) in [5.41, 5.74) is -0.323. The lowest BCUT2D eigenvalue weighted by molar-refractivity contribution is 0.0950. The van der Waals surface area contributed by atoms with Gasteiger partial charge in [0.05, 0.1) is 0 Å². The van der Waals surface area contributed by atoms with Crippen LogP contribution in [0.4, 0.5) is 0 Å². The van der Waals surface area contributed by atoms with Crippen molar-refractivity contribution in [3.05, 3.63) is 33.7 Å². The number of carbonyl (C=O) groups excluding carboxylic acids is 1. The molecule has 0 atom stereocenters. The van der Waals surface area contributed by atoms with Gasteiger partial charge in [0.2, 0.25) is 0 Å². The lowest BCUT2D eigenvalue weighted by Crippen LogP contribution is -2.31. The van der Waals surface area contributed by atoms with Crippen molar-refractivity contribution in [3.8, 4) is 0 Å². The molecule has 0 fully saturated rings. The number of carbonyl (C=O) groups is 1. The SMILES string of the molecule is O=C(NCCCCO)c1cnc2sccn2c1=O. The average molecular weight is 267 g/mol. The molecule has 0 aromatic carbocycles. The Labute approximate surface area is 107 Å². The molecular formula is C11H13N3O3S. The van der Waals surface area contributed by atoms with Crippen molar-refractivity contribution in [2.75, 3.05) is 13.2 Å². The van der Waals surface area contributed by atoms with Gasteiger partial charge < -0.3 is 10.4 Å². The van der Waals surface area contributed by atoms with E-state index in [9.17, 15) is 9.59 Å². The zero-order valence-corrected chi connectivity index (χ0v) is 10.4. The third-order valence-corrected chi connectivity index (χ3v) is 3.23. The molecule has 0 bridgehead atoms. The molecule has 6 nitrogen and oxygen atoms in total. The maximum Gasteiger partial charge on any atom is 0.271 e. The van der Waals surface area contributed by atoms with Crippen LogP contribution in [0.25, 0.3) is 4.96 Å². The maximum atomic E-state index is 11.9. The van der Waals surface area contributed by atoms with Gasteiger partial charge in [0.1, 0.15) is 5.56 Å². The van der Waals surface area contributed by atoms with E-state index in [1.807, 2.05) is 0 Å². The second-order valence-corrected chi connectivity index (χ2v) is 4.59. The van der Waals surface area contributed by atoms with E-state index in [2.05, 4.69) is 10.3 Å². The van der Waals surface area contributed by atoms with Crippen LogP contribution in [0.5, 0.6) is 0 Å². The molecule has 0 spiro atoms. The summed E-state index contributed by atoms with van der Waals surface area (Å²) in [6, 6.07) is 0. The Hall–Kier alpha value is -1.73. The maximum absolute atomic E-state index is 11.9. The Morgan fingerprint density at radius 3 is 3.11 bits per heavy atom. The third-order valence-electron chi connectivity index (χ3n) is 2.46. The molecule has 2 aromatic rings. The van der Waals surface area contributed by atoms with Crippen molar-refractivity contribution >= 4 is 22.2 Å². The van der Waals surface area contributed by atoms with E-state index < -0.39 is 5.91 Å². The van der Waals surface area contributed by atoms with Crippen molar-refractivity contribution in [1.29, 1.82) is 0 Å². The molecule has 2 heterocycles. The first kappa shape index (κ1) is 12.7. The molecule has 0 saturated heterocycles. The minimum Gasteiger partial charge on any atom is -0.396 e. The van der Waals surface area contributed by atoms with Crippen LogP contribution in [-0.4, -0.2) is 33.6 Å². The number of thiazole rings is 1. The second kappa shape index (κ2) is 5.74. The van der Waals surface area contributed by atoms with Gasteiger partial charge in [-0.05, 0) is 12.8 Å². The number of aliphatic hydroxyl groups excluding tert-OH is 1. The molecule has 7 heteroatoms. The van der Waals surface area contributed by atoms with E-state index in [1.54, 1.807) is 11.6 Å². The van der Waals surface area contributed by atoms with Gasteiger partial charge >= 0.3 is 0 Å². The minimum atomic E-state index is -0.425. The Bertz CT molecular complexity index is 605. The van der Waals surface area contributed by atoms with E-state index in [-0.39, 0.29) is 17.7 Å². The van der Waals surface area contributed by atoms with Gasteiger partial charge in [0.15, 0.2) is 4.96 Å². The number of aliphatic hydroxyl groups is 1. The summed E-state index contributed by atoms with van der Waals surface area (Å²) in [6.07, 6.45) is 4.20. The summed E-state index contributed by atoms with van der Waals surface area (Å²) in [5.74, 6) is -0.425. The summed E-state index contributed by atoms with van der Waals surface area (Å²) < 4.78 is 1.35. The molecule has 0 saturated carbocycles. The molecule has 0 aliphatic heterocycles. The van der Waals surface area contributed by atoms with E-state index >= 15 is 0 Å². The summed E-state index contributed by atoms with van der Waals surface area (Å²) in [5, 5.41) is 13.0. The van der Waals surface area contributed by atoms with E-state index in [1.165, 1.54) is 21.9 Å². The topological polar surface area (TPSA) is 83.7 Å². The first-order chi connectivity index (χ1) is 8.74. The van der Waals surface area contributed by atoms with Gasteiger partial charge in [0.25, 0.3) is 11.5 Å². The number of nitrogens with one attached hydrogen (secondary N) is 1. The number of nitrogens with zero attached hydrogens (tertiary/aromatic N) is 2. The molecule has 2 aromatic heterocycles. The van der Waals surface area contributed by atoms with Gasteiger partial charge in [-0.2, -0.15) is 0 Å². The molecule has 2 N–H and O–H groups in total. The number of fused-ring (bicyclic) bond motifs is 1. The summed E-state index contributed by atoms with van der Waals surface area (Å²) in [4.78, 5) is 28.3. The predicted octanol–water partition coefficient (Wildman–Crippen LogP) is 0.258. The third kappa shape index (κ3) is 2.57. The second-order valence-electron chi connectivity index (χ2n) is 3.72. The number of unbranched alkanes of at least 4 members (excludes halogenated alkanes) is 1. The smallest absolute Gasteiger partial charge is 0.271 e. The van der Waals surface area contributed by atoms with Crippen LogP contribution in [0.3, 0.4) is 0 Å². The number of amides is 1. The van der Waals surface area contributed by atoms with Crippen LogP contribution in [0, 0.1) is 0 Å². The highest BCUT2D eigenvalue weighted by molar-refractivity contribution is 7.15. The fraction of sp³-hybridized carbons (Fsp3) is 0.364. The molecule has 0 aliphatic rings. The summed E-state index contributed by atoms with van der Waals surface area (Å²) in [7, 11) is 0. The van der Waals surface area contributed by atoms with Crippen LogP contribution in [0.1, 0.15) is 23.2 Å². The number of hydrogen-bond acceptors (Lipinski definition) is 5. The van der Waals surface area contributed by atoms with Crippen LogP contribution >= 0.6 is 11.3 Å². The van der Waals surface area contributed by atoms with Crippen LogP contribution in [0.2, 0.25) is 0 Å². The monoisotopic (exact) mass is 267 g/mol. The van der Waals surface area contributed by atoms with Crippen molar-refractivity contribution in [3.63, 3.8) is 0 Å². The molecule has 0 aliphatic carbocycles. The normalized spacial score (nSPS) is 10.7. The first-order valence-electron chi connectivity index (χ1n) is 5.58. The summed E-state index contributed by atoms with van der Waals surface area (Å²) >= 11 is 1.34. The zero-order valence-electron chi connectivity index (χ0n) is 9.63. The molecule has 0 unspecified atom stereocenters. The Morgan fingerprint density at radius 2 is 2.33 bits per heavy atom. The number of rotatable bonds is 5. The van der Waals surface area contributed by atoms with E-state index in [4.69, 9.17) is 5.11 Å². The summed E-state index contributed by atoms with van der Waals surface area (Å²) in [6.45, 7) is 0.534. The largest absolute Gasteiger partial charge is 0.396 e. The first-order valence-corrected chi connectivity index (χ1v) is 6.46. The number of hydrogen-bond donors (Lipinski definition) is 2. The van der Waals surface area contributed by atoms with Crippen LogP contribution in [0.15, 0.2) is 22.6 Å². The fourth-order valence-electron chi connectivity index (χ4n) is 1.51. The highest BCUT2D eigenvalue weighted by Gasteiger charge is 2.12. The highest BCUT2D eigenvalue weighted by atomic mass is 32.1. The molecular weight excluding hydrogens is 254 g/mol. The Balaban J connectivity index is 2.13. The van der Waals surface area contributed by atoms with Gasteiger partial charge in [-0.3, -0.25) is 14.0 Å². The molecule has 1 amide bonds. The Morgan fingerprint density at radius 1 is 1.50 bits per heavy atom. The van der Waals surface area contributed by atoms with Gasteiger partial charge in [-0.15, -0.1) is 11.3 Å². The molecule has 96 valence electrons. The van der Waals surface area contributed by atoms with Gasteiger partial charge in [0, 0.05) is 30.9 Å². The lowest BCUT2D eigenvalue weighted by atomic mass is 10.3. The van der Waals surface area contributed by atoms with Crippen LogP contribution in [-0.2, 0) is 0 Å². The van der Waals surface area contributed by atoms with Gasteiger partial charge in [-0.1, -0.05) is 0 Å². The minimum absolute atomic E-state index is 0.0369. The predicted molar refractivity (Wildman–Crippen MR) is 68.0 cm³/mol. The number of aromatic nitrogens is 2. The molecule has 2 rings (SSSR count). The lowest BCUT2D eigenvalue weighted by Gasteiger charge is -2.03. The average Bonchev–Trinajstić information content (AvgIpc) is 2.84. The van der Waals surface area contributed by atoms with Crippen molar-refractivity contribution in [2.24, 2.45) is 0 Å². The van der Waals surface area contributed by atoms with E-state index in [0.29, 0.717) is 24.3 Å². The quantitative estimate of drug-likeness (QED) is 0.761. The molecule has 18 heavy (non-hydrogen) atoms. The van der Waals surface area contributed by atoms with Crippen molar-refractivity contribution in [1.82, 2.24) is 14.7 Å². The fourth-order valence-corrected chi connectivity index (χ4v) is 2.19. The standard InChI is InChI=1S/C11H13N3O3S/c15-5-2-1-3-12-9(16)8-7-13-11-14(10(8)17)4-6-18-11/h4,6-7,15H,1-3,5H2,(H,12,16). The zero-order chi connectivity index (χ0) is 13.0. The van der Waals surface area contributed by atoms with E-state index in [0.717, 1.165) is 0 Å².